The molecule has 1 aromatic rings. The smallest absolute Gasteiger partial charge is 0.243 e. The Balaban J connectivity index is 2.04. The number of aliphatic hydroxyl groups excluding tert-OH is 1. The van der Waals surface area contributed by atoms with E-state index in [-0.39, 0.29) is 0 Å². The van der Waals surface area contributed by atoms with Crippen LogP contribution in [0, 0.1) is 0 Å². The first-order valence-corrected chi connectivity index (χ1v) is 8.52. The van der Waals surface area contributed by atoms with Gasteiger partial charge in [0.1, 0.15) is 12.4 Å². The Morgan fingerprint density at radius 1 is 0.900 bits per heavy atom. The van der Waals surface area contributed by atoms with Crippen LogP contribution in [0.5, 0.6) is 0 Å². The highest BCUT2D eigenvalue weighted by atomic mass is 16.2. The summed E-state index contributed by atoms with van der Waals surface area (Å²) in [5.41, 5.74) is 0. The van der Waals surface area contributed by atoms with Gasteiger partial charge in [0.25, 0.3) is 0 Å². The summed E-state index contributed by atoms with van der Waals surface area (Å²) in [6.07, 6.45) is 19.3. The average molecular weight is 281 g/mol. The fraction of sp³-hybridized carbons (Fsp3) is 0.824. The van der Waals surface area contributed by atoms with E-state index in [0.717, 1.165) is 25.9 Å². The monoisotopic (exact) mass is 281 g/mol. The highest BCUT2D eigenvalue weighted by Gasteiger charge is 2.03. The summed E-state index contributed by atoms with van der Waals surface area (Å²) in [5.74, 6) is 0. The maximum Gasteiger partial charge on any atom is 0.243 e. The van der Waals surface area contributed by atoms with Gasteiger partial charge in [-0.3, -0.25) is 0 Å². The Bertz CT molecular complexity index is 323. The molecule has 0 unspecified atom stereocenters. The van der Waals surface area contributed by atoms with Crippen LogP contribution in [-0.4, -0.2) is 16.3 Å². The summed E-state index contributed by atoms with van der Waals surface area (Å²) >= 11 is 0. The lowest BCUT2D eigenvalue weighted by atomic mass is 10.1. The molecule has 1 aromatic heterocycles. The van der Waals surface area contributed by atoms with Crippen molar-refractivity contribution < 1.29 is 9.67 Å². The van der Waals surface area contributed by atoms with Crippen molar-refractivity contribution >= 4 is 0 Å². The zero-order chi connectivity index (χ0) is 14.5. The van der Waals surface area contributed by atoms with Gasteiger partial charge in [0.2, 0.25) is 6.33 Å². The zero-order valence-electron chi connectivity index (χ0n) is 13.3. The summed E-state index contributed by atoms with van der Waals surface area (Å²) in [5, 5.41) is 8.73. The van der Waals surface area contributed by atoms with Crippen LogP contribution in [0.3, 0.4) is 0 Å². The highest BCUT2D eigenvalue weighted by molar-refractivity contribution is 4.66. The van der Waals surface area contributed by atoms with Gasteiger partial charge in [-0.05, 0) is 32.1 Å². The molecule has 0 saturated heterocycles. The van der Waals surface area contributed by atoms with Crippen LogP contribution >= 0.6 is 0 Å². The largest absolute Gasteiger partial charge is 0.396 e. The molecule has 0 aliphatic heterocycles. The predicted octanol–water partition coefficient (Wildman–Crippen LogP) is 3.69. The summed E-state index contributed by atoms with van der Waals surface area (Å²) < 4.78 is 4.60. The summed E-state index contributed by atoms with van der Waals surface area (Å²) in [7, 11) is 0. The molecular weight excluding hydrogens is 248 g/mol. The average Bonchev–Trinajstić information content (AvgIpc) is 2.90. The summed E-state index contributed by atoms with van der Waals surface area (Å²) in [4.78, 5) is 0. The van der Waals surface area contributed by atoms with Crippen LogP contribution in [0.4, 0.5) is 0 Å². The van der Waals surface area contributed by atoms with E-state index in [1.807, 2.05) is 0 Å². The second-order valence-electron chi connectivity index (χ2n) is 5.79. The van der Waals surface area contributed by atoms with Crippen LogP contribution in [0.2, 0.25) is 0 Å². The van der Waals surface area contributed by atoms with Crippen LogP contribution in [0.1, 0.15) is 71.1 Å². The highest BCUT2D eigenvalue weighted by Crippen LogP contribution is 2.05. The molecule has 20 heavy (non-hydrogen) atoms. The number of aromatic nitrogens is 2. The van der Waals surface area contributed by atoms with Crippen LogP contribution in [0.15, 0.2) is 18.7 Å². The third-order valence-corrected chi connectivity index (χ3v) is 3.84. The Hall–Kier alpha value is -0.830. The molecule has 0 aliphatic carbocycles. The molecule has 0 amide bonds. The number of rotatable bonds is 13. The van der Waals surface area contributed by atoms with Crippen LogP contribution in [0.25, 0.3) is 0 Å². The first-order valence-electron chi connectivity index (χ1n) is 8.52. The Labute approximate surface area is 124 Å². The molecule has 0 spiro atoms. The molecule has 0 atom stereocenters. The van der Waals surface area contributed by atoms with Crippen molar-refractivity contribution in [3.05, 3.63) is 18.7 Å². The fourth-order valence-corrected chi connectivity index (χ4v) is 2.54. The number of imidazole rings is 1. The van der Waals surface area contributed by atoms with Crippen LogP contribution < -0.4 is 4.57 Å². The lowest BCUT2D eigenvalue weighted by molar-refractivity contribution is -0.696. The molecule has 0 fully saturated rings. The Kier molecular flexibility index (Phi) is 10.3. The van der Waals surface area contributed by atoms with Gasteiger partial charge in [0.15, 0.2) is 0 Å². The van der Waals surface area contributed by atoms with E-state index in [1.165, 1.54) is 51.4 Å². The van der Waals surface area contributed by atoms with Crippen molar-refractivity contribution in [3.8, 4) is 0 Å². The maximum atomic E-state index is 8.73. The molecule has 1 N–H and O–H groups in total. The lowest BCUT2D eigenvalue weighted by Gasteiger charge is -1.99. The summed E-state index contributed by atoms with van der Waals surface area (Å²) in [6.45, 7) is 4.86. The van der Waals surface area contributed by atoms with E-state index in [1.54, 1.807) is 0 Å². The molecule has 1 rings (SSSR count). The quantitative estimate of drug-likeness (QED) is 0.433. The van der Waals surface area contributed by atoms with E-state index in [0.29, 0.717) is 6.61 Å². The molecule has 116 valence electrons. The van der Waals surface area contributed by atoms with E-state index in [9.17, 15) is 0 Å². The Morgan fingerprint density at radius 2 is 1.60 bits per heavy atom. The first-order chi connectivity index (χ1) is 9.86. The van der Waals surface area contributed by atoms with Gasteiger partial charge in [-0.25, -0.2) is 9.13 Å². The lowest BCUT2D eigenvalue weighted by Crippen LogP contribution is -2.30. The molecule has 0 saturated carbocycles. The van der Waals surface area contributed by atoms with Crippen molar-refractivity contribution in [2.75, 3.05) is 6.61 Å². The van der Waals surface area contributed by atoms with Gasteiger partial charge in [-0.2, -0.15) is 0 Å². The molecule has 0 bridgehead atoms. The molecule has 0 radical (unpaired) electrons. The van der Waals surface area contributed by atoms with E-state index >= 15 is 0 Å². The van der Waals surface area contributed by atoms with Gasteiger partial charge in [-0.15, -0.1) is 0 Å². The van der Waals surface area contributed by atoms with E-state index < -0.39 is 0 Å². The van der Waals surface area contributed by atoms with E-state index in [4.69, 9.17) is 5.11 Å². The maximum absolute atomic E-state index is 8.73. The second-order valence-corrected chi connectivity index (χ2v) is 5.79. The zero-order valence-corrected chi connectivity index (χ0v) is 13.3. The van der Waals surface area contributed by atoms with Crippen molar-refractivity contribution in [3.63, 3.8) is 0 Å². The molecule has 3 heteroatoms. The number of unbranched alkanes of at least 4 members (excludes halogenated alkanes) is 8. The van der Waals surface area contributed by atoms with Gasteiger partial charge in [0.05, 0.1) is 13.1 Å². The van der Waals surface area contributed by atoms with Crippen molar-refractivity contribution in [1.29, 1.82) is 0 Å². The van der Waals surface area contributed by atoms with Gasteiger partial charge in [-0.1, -0.05) is 39.0 Å². The molecule has 1 heterocycles. The Morgan fingerprint density at radius 3 is 2.40 bits per heavy atom. The van der Waals surface area contributed by atoms with Crippen molar-refractivity contribution in [2.45, 2.75) is 84.2 Å². The third kappa shape index (κ3) is 8.36. The molecular formula is C17H33N2O+. The van der Waals surface area contributed by atoms with Gasteiger partial charge < -0.3 is 5.11 Å². The molecule has 3 nitrogen and oxygen atoms in total. The normalized spacial score (nSPS) is 11.1. The molecule has 0 aromatic carbocycles. The standard InChI is InChI=1S/C17H33N2O/c1-2-3-4-5-6-9-12-18-14-15-19(17-18)13-10-7-8-11-16-20/h14-15,17,20H,2-13,16H2,1H3/q+1. The third-order valence-electron chi connectivity index (χ3n) is 3.84. The molecule has 0 aliphatic rings. The number of nitrogens with zero attached hydrogens (tertiary/aromatic N) is 2. The minimum absolute atomic E-state index is 0.335. The topological polar surface area (TPSA) is 29.0 Å². The minimum atomic E-state index is 0.335. The number of aryl methyl sites for hydroxylation is 2. The second kappa shape index (κ2) is 12.0. The number of hydrogen-bond donors (Lipinski definition) is 1. The van der Waals surface area contributed by atoms with Gasteiger partial charge >= 0.3 is 0 Å². The van der Waals surface area contributed by atoms with E-state index in [2.05, 4.69) is 34.8 Å². The minimum Gasteiger partial charge on any atom is -0.396 e. The van der Waals surface area contributed by atoms with Crippen molar-refractivity contribution in [1.82, 2.24) is 4.57 Å². The first kappa shape index (κ1) is 17.2. The van der Waals surface area contributed by atoms with Crippen LogP contribution in [-0.2, 0) is 13.1 Å². The number of hydrogen-bond acceptors (Lipinski definition) is 1. The fourth-order valence-electron chi connectivity index (χ4n) is 2.54. The number of aliphatic hydroxyl groups is 1. The predicted molar refractivity (Wildman–Crippen MR) is 83.6 cm³/mol. The van der Waals surface area contributed by atoms with Crippen molar-refractivity contribution in [2.24, 2.45) is 0 Å². The SMILES string of the molecule is CCCCCCCC[n+]1ccn(CCCCCCO)c1. The summed E-state index contributed by atoms with van der Waals surface area (Å²) in [6, 6.07) is 0. The van der Waals surface area contributed by atoms with Gasteiger partial charge in [0, 0.05) is 6.61 Å².